The van der Waals surface area contributed by atoms with E-state index in [1.165, 1.54) is 0 Å². The van der Waals surface area contributed by atoms with Crippen molar-refractivity contribution in [3.8, 4) is 0 Å². The van der Waals surface area contributed by atoms with Crippen LogP contribution in [-0.4, -0.2) is 35.0 Å². The summed E-state index contributed by atoms with van der Waals surface area (Å²) in [6.07, 6.45) is 5.46. The summed E-state index contributed by atoms with van der Waals surface area (Å²) in [5.41, 5.74) is -0.302. The van der Waals surface area contributed by atoms with Gasteiger partial charge in [-0.1, -0.05) is 40.0 Å². The van der Waals surface area contributed by atoms with Gasteiger partial charge in [-0.2, -0.15) is 0 Å². The fourth-order valence-electron chi connectivity index (χ4n) is 3.28. The van der Waals surface area contributed by atoms with E-state index in [4.69, 9.17) is 0 Å². The summed E-state index contributed by atoms with van der Waals surface area (Å²) in [7, 11) is 1.84. The summed E-state index contributed by atoms with van der Waals surface area (Å²) in [5, 5.41) is 9.20. The number of rotatable bonds is 5. The van der Waals surface area contributed by atoms with Crippen LogP contribution in [-0.2, 0) is 9.59 Å². The van der Waals surface area contributed by atoms with Crippen molar-refractivity contribution in [3.05, 3.63) is 0 Å². The predicted molar refractivity (Wildman–Crippen MR) is 84.1 cm³/mol. The van der Waals surface area contributed by atoms with Crippen LogP contribution < -0.4 is 0 Å². The lowest BCUT2D eigenvalue weighted by atomic mass is 9.69. The molecule has 0 aromatic carbocycles. The lowest BCUT2D eigenvalue weighted by molar-refractivity contribution is -0.143. The maximum atomic E-state index is 12.6. The van der Waals surface area contributed by atoms with E-state index in [0.717, 1.165) is 32.1 Å². The molecule has 0 radical (unpaired) electrons. The molecule has 0 saturated heterocycles. The summed E-state index contributed by atoms with van der Waals surface area (Å²) in [6.45, 7) is 8.42. The Morgan fingerprint density at radius 1 is 1.14 bits per heavy atom. The molecule has 21 heavy (non-hydrogen) atoms. The quantitative estimate of drug-likeness (QED) is 0.842. The second kappa shape index (κ2) is 6.80. The predicted octanol–water partition coefficient (Wildman–Crippen LogP) is 3.69. The summed E-state index contributed by atoms with van der Waals surface area (Å²) < 4.78 is 0. The highest BCUT2D eigenvalue weighted by molar-refractivity contribution is 5.78. The fourth-order valence-corrected chi connectivity index (χ4v) is 3.28. The van der Waals surface area contributed by atoms with Crippen molar-refractivity contribution in [1.29, 1.82) is 0 Å². The van der Waals surface area contributed by atoms with Crippen molar-refractivity contribution in [1.82, 2.24) is 4.90 Å². The van der Waals surface area contributed by atoms with E-state index in [0.29, 0.717) is 6.42 Å². The zero-order valence-electron chi connectivity index (χ0n) is 14.2. The Bertz CT molecular complexity index is 378. The average Bonchev–Trinajstić information content (AvgIpc) is 2.35. The summed E-state index contributed by atoms with van der Waals surface area (Å²) in [4.78, 5) is 25.6. The molecule has 1 fully saturated rings. The molecule has 0 aromatic heterocycles. The molecular weight excluding hydrogens is 266 g/mol. The number of carboxylic acids is 1. The summed E-state index contributed by atoms with van der Waals surface area (Å²) in [5.74, 6) is -0.697. The lowest BCUT2D eigenvalue weighted by Crippen LogP contribution is -2.45. The number of carbonyl (C=O) groups excluding carboxylic acids is 1. The standard InChI is InChI=1S/C17H31NO3/c1-13(16(2,3)4)18(5)14(19)11-17(12-15(20)21)9-7-6-8-10-17/h13H,6-12H2,1-5H3,(H,20,21). The van der Waals surface area contributed by atoms with Gasteiger partial charge in [-0.3, -0.25) is 9.59 Å². The maximum absolute atomic E-state index is 12.6. The van der Waals surface area contributed by atoms with Crippen molar-refractivity contribution in [2.75, 3.05) is 7.05 Å². The van der Waals surface area contributed by atoms with Crippen molar-refractivity contribution in [2.45, 2.75) is 78.7 Å². The summed E-state index contributed by atoms with van der Waals surface area (Å²) >= 11 is 0. The number of amides is 1. The molecule has 1 aliphatic rings. The first-order valence-electron chi connectivity index (χ1n) is 8.05. The minimum absolute atomic E-state index is 0.0247. The Hall–Kier alpha value is -1.06. The SMILES string of the molecule is CC(N(C)C(=O)CC1(CC(=O)O)CCCCC1)C(C)(C)C. The highest BCUT2D eigenvalue weighted by atomic mass is 16.4. The summed E-state index contributed by atoms with van der Waals surface area (Å²) in [6, 6.07) is 0.135. The number of carboxylic acid groups (broad SMARTS) is 1. The second-order valence-corrected chi connectivity index (χ2v) is 7.85. The van der Waals surface area contributed by atoms with Crippen LogP contribution >= 0.6 is 0 Å². The minimum Gasteiger partial charge on any atom is -0.481 e. The van der Waals surface area contributed by atoms with E-state index in [1.54, 1.807) is 4.90 Å². The highest BCUT2D eigenvalue weighted by Gasteiger charge is 2.38. The van der Waals surface area contributed by atoms with Crippen molar-refractivity contribution >= 4 is 11.9 Å². The Labute approximate surface area is 128 Å². The van der Waals surface area contributed by atoms with Gasteiger partial charge < -0.3 is 10.0 Å². The van der Waals surface area contributed by atoms with Crippen molar-refractivity contribution in [3.63, 3.8) is 0 Å². The first kappa shape index (κ1) is 18.0. The van der Waals surface area contributed by atoms with E-state index in [1.807, 2.05) is 7.05 Å². The third-order valence-corrected chi connectivity index (χ3v) is 5.19. The van der Waals surface area contributed by atoms with E-state index >= 15 is 0 Å². The van der Waals surface area contributed by atoms with E-state index in [2.05, 4.69) is 27.7 Å². The monoisotopic (exact) mass is 297 g/mol. The van der Waals surface area contributed by atoms with Crippen LogP contribution in [0.15, 0.2) is 0 Å². The van der Waals surface area contributed by atoms with Gasteiger partial charge in [0.2, 0.25) is 5.91 Å². The smallest absolute Gasteiger partial charge is 0.303 e. The van der Waals surface area contributed by atoms with Gasteiger partial charge in [0.1, 0.15) is 0 Å². The molecule has 1 amide bonds. The van der Waals surface area contributed by atoms with E-state index in [9.17, 15) is 14.7 Å². The number of hydrogen-bond donors (Lipinski definition) is 1. The molecule has 0 spiro atoms. The second-order valence-electron chi connectivity index (χ2n) is 7.85. The van der Waals surface area contributed by atoms with E-state index < -0.39 is 5.97 Å². The molecule has 1 unspecified atom stereocenters. The molecule has 0 heterocycles. The Balaban J connectivity index is 2.78. The van der Waals surface area contributed by atoms with Crippen LogP contribution in [0.1, 0.15) is 72.6 Å². The van der Waals surface area contributed by atoms with Gasteiger partial charge in [-0.05, 0) is 30.6 Å². The number of nitrogens with zero attached hydrogens (tertiary/aromatic N) is 1. The maximum Gasteiger partial charge on any atom is 0.303 e. The topological polar surface area (TPSA) is 57.6 Å². The molecular formula is C17H31NO3. The first-order valence-corrected chi connectivity index (χ1v) is 8.05. The van der Waals surface area contributed by atoms with Gasteiger partial charge in [-0.25, -0.2) is 0 Å². The van der Waals surface area contributed by atoms with Crippen LogP contribution in [0.3, 0.4) is 0 Å². The average molecular weight is 297 g/mol. The fraction of sp³-hybridized carbons (Fsp3) is 0.882. The Kier molecular flexibility index (Phi) is 5.83. The van der Waals surface area contributed by atoms with Crippen LogP contribution in [0.5, 0.6) is 0 Å². The molecule has 1 saturated carbocycles. The minimum atomic E-state index is -0.781. The van der Waals surface area contributed by atoms with Crippen LogP contribution in [0, 0.1) is 10.8 Å². The molecule has 1 aliphatic carbocycles. The van der Waals surface area contributed by atoms with Crippen LogP contribution in [0.2, 0.25) is 0 Å². The van der Waals surface area contributed by atoms with Crippen LogP contribution in [0.4, 0.5) is 0 Å². The Morgan fingerprint density at radius 2 is 1.67 bits per heavy atom. The molecule has 4 heteroatoms. The molecule has 122 valence electrons. The van der Waals surface area contributed by atoms with E-state index in [-0.39, 0.29) is 29.2 Å². The third kappa shape index (κ3) is 5.01. The van der Waals surface area contributed by atoms with Gasteiger partial charge in [0.15, 0.2) is 0 Å². The number of hydrogen-bond acceptors (Lipinski definition) is 2. The third-order valence-electron chi connectivity index (χ3n) is 5.19. The van der Waals surface area contributed by atoms with Crippen LogP contribution in [0.25, 0.3) is 0 Å². The highest BCUT2D eigenvalue weighted by Crippen LogP contribution is 2.43. The molecule has 1 atom stereocenters. The van der Waals surface area contributed by atoms with Gasteiger partial charge in [0.05, 0.1) is 6.42 Å². The van der Waals surface area contributed by atoms with Gasteiger partial charge in [0.25, 0.3) is 0 Å². The first-order chi connectivity index (χ1) is 9.57. The molecule has 1 N–H and O–H groups in total. The molecule has 4 nitrogen and oxygen atoms in total. The van der Waals surface area contributed by atoms with Gasteiger partial charge in [0, 0.05) is 19.5 Å². The normalized spacial score (nSPS) is 19.9. The number of carbonyl (C=O) groups is 2. The zero-order chi connectivity index (χ0) is 16.3. The zero-order valence-corrected chi connectivity index (χ0v) is 14.2. The Morgan fingerprint density at radius 3 is 2.10 bits per heavy atom. The lowest BCUT2D eigenvalue weighted by Gasteiger charge is -2.40. The number of aliphatic carboxylic acids is 1. The van der Waals surface area contributed by atoms with Gasteiger partial charge in [-0.15, -0.1) is 0 Å². The molecule has 0 aliphatic heterocycles. The van der Waals surface area contributed by atoms with Gasteiger partial charge >= 0.3 is 5.97 Å². The molecule has 0 bridgehead atoms. The largest absolute Gasteiger partial charge is 0.481 e. The molecule has 1 rings (SSSR count). The van der Waals surface area contributed by atoms with Crippen molar-refractivity contribution in [2.24, 2.45) is 10.8 Å². The molecule has 0 aromatic rings. The van der Waals surface area contributed by atoms with Crippen molar-refractivity contribution < 1.29 is 14.7 Å².